The minimum absolute atomic E-state index is 0.000967. The number of sulfone groups is 1. The number of hydrogen-bond acceptors (Lipinski definition) is 9. The average Bonchev–Trinajstić information content (AvgIpc) is 3.60. The van der Waals surface area contributed by atoms with Gasteiger partial charge in [-0.3, -0.25) is 19.5 Å². The highest BCUT2D eigenvalue weighted by Crippen LogP contribution is 2.27. The van der Waals surface area contributed by atoms with Gasteiger partial charge in [0.1, 0.15) is 11.6 Å². The highest BCUT2D eigenvalue weighted by Gasteiger charge is 2.30. The number of halogens is 1. The first kappa shape index (κ1) is 39.0. The summed E-state index contributed by atoms with van der Waals surface area (Å²) in [6.45, 7) is 7.91. The van der Waals surface area contributed by atoms with Crippen LogP contribution in [0.2, 0.25) is 5.02 Å². The van der Waals surface area contributed by atoms with Crippen molar-refractivity contribution in [2.45, 2.75) is 115 Å². The minimum Gasteiger partial charge on any atom is -0.466 e. The van der Waals surface area contributed by atoms with Gasteiger partial charge < -0.3 is 14.8 Å². The molecule has 0 atom stereocenters. The van der Waals surface area contributed by atoms with Crippen molar-refractivity contribution >= 4 is 44.9 Å². The smallest absolute Gasteiger partial charge is 0.307 e. The molecular weight excluding hydrogens is 658 g/mol. The fraction of sp³-hybridized carbons (Fsp3) is 0.618. The largest absolute Gasteiger partial charge is 0.466 e. The quantitative estimate of drug-likeness (QED) is 0.0903. The number of nitrogens with zero attached hydrogens (tertiary/aromatic N) is 3. The van der Waals surface area contributed by atoms with E-state index in [-0.39, 0.29) is 43.1 Å². The van der Waals surface area contributed by atoms with Crippen LogP contribution < -0.4 is 5.32 Å². The summed E-state index contributed by atoms with van der Waals surface area (Å²) in [4.78, 5) is 37.5. The number of fused-ring (bicyclic) bond motifs is 1. The maximum atomic E-state index is 13.1. The number of carbonyl (C=O) groups excluding carboxylic acids is 3. The van der Waals surface area contributed by atoms with Crippen molar-refractivity contribution in [2.75, 3.05) is 25.5 Å². The van der Waals surface area contributed by atoms with E-state index >= 15 is 0 Å². The predicted octanol–water partition coefficient (Wildman–Crippen LogP) is 6.29. The molecule has 0 aliphatic heterocycles. The Labute approximate surface area is 288 Å². The van der Waals surface area contributed by atoms with E-state index < -0.39 is 38.9 Å². The van der Waals surface area contributed by atoms with Crippen LogP contribution in [0.15, 0.2) is 29.2 Å². The molecule has 3 aromatic rings. The molecule has 0 saturated heterocycles. The van der Waals surface area contributed by atoms with Crippen LogP contribution in [0.25, 0.3) is 5.65 Å². The lowest BCUT2D eigenvalue weighted by Gasteiger charge is -2.21. The van der Waals surface area contributed by atoms with Crippen LogP contribution in [-0.2, 0) is 34.3 Å². The highest BCUT2D eigenvalue weighted by atomic mass is 35.5. The lowest BCUT2D eigenvalue weighted by molar-refractivity contribution is -0.145. The molecular formula is C34H50ClN5O7S. The molecule has 2 heterocycles. The molecule has 48 heavy (non-hydrogen) atoms. The molecule has 0 aliphatic rings. The third kappa shape index (κ3) is 11.6. The van der Waals surface area contributed by atoms with Crippen LogP contribution in [0, 0.1) is 6.92 Å². The van der Waals surface area contributed by atoms with Gasteiger partial charge in [0.05, 0.1) is 46.8 Å². The lowest BCUT2D eigenvalue weighted by Crippen LogP contribution is -2.31. The normalized spacial score (nSPS) is 11.9. The Morgan fingerprint density at radius 1 is 0.917 bits per heavy atom. The Bertz CT molecular complexity index is 1620. The van der Waals surface area contributed by atoms with Crippen molar-refractivity contribution < 1.29 is 32.3 Å². The van der Waals surface area contributed by atoms with E-state index in [0.29, 0.717) is 16.5 Å². The van der Waals surface area contributed by atoms with Crippen LogP contribution in [0.5, 0.6) is 0 Å². The van der Waals surface area contributed by atoms with Gasteiger partial charge in [0.15, 0.2) is 21.3 Å². The van der Waals surface area contributed by atoms with Crippen molar-refractivity contribution in [3.63, 3.8) is 0 Å². The van der Waals surface area contributed by atoms with Crippen molar-refractivity contribution in [1.82, 2.24) is 25.1 Å². The van der Waals surface area contributed by atoms with Gasteiger partial charge in [-0.2, -0.15) is 0 Å². The first-order chi connectivity index (χ1) is 22.9. The second kappa shape index (κ2) is 18.9. The Balaban J connectivity index is 1.38. The van der Waals surface area contributed by atoms with Gasteiger partial charge in [-0.05, 0) is 39.3 Å². The number of aromatic nitrogens is 4. The maximum Gasteiger partial charge on any atom is 0.307 e. The van der Waals surface area contributed by atoms with E-state index in [0.717, 1.165) is 25.0 Å². The number of rotatable bonds is 22. The lowest BCUT2D eigenvalue weighted by atomic mass is 9.94. The van der Waals surface area contributed by atoms with Gasteiger partial charge in [-0.15, -0.1) is 10.2 Å². The van der Waals surface area contributed by atoms with E-state index in [1.54, 1.807) is 10.6 Å². The molecule has 3 rings (SSSR count). The molecule has 266 valence electrons. The zero-order valence-corrected chi connectivity index (χ0v) is 30.2. The van der Waals surface area contributed by atoms with Crippen LogP contribution in [-0.4, -0.2) is 71.6 Å². The molecule has 0 radical (unpaired) electrons. The first-order valence-electron chi connectivity index (χ1n) is 16.9. The Morgan fingerprint density at radius 2 is 1.54 bits per heavy atom. The number of aromatic amines is 1. The summed E-state index contributed by atoms with van der Waals surface area (Å²) in [7, 11) is -3.97. The number of esters is 2. The fourth-order valence-electron chi connectivity index (χ4n) is 5.23. The zero-order chi connectivity index (χ0) is 35.2. The summed E-state index contributed by atoms with van der Waals surface area (Å²) in [5, 5.41) is 14.4. The molecule has 0 aliphatic carbocycles. The topological polar surface area (TPSA) is 162 Å². The van der Waals surface area contributed by atoms with Crippen molar-refractivity contribution in [1.29, 1.82) is 0 Å². The van der Waals surface area contributed by atoms with Gasteiger partial charge in [0.2, 0.25) is 0 Å². The second-order valence-electron chi connectivity index (χ2n) is 12.8. The van der Waals surface area contributed by atoms with Crippen molar-refractivity contribution in [3.05, 3.63) is 46.4 Å². The number of unbranched alkanes of at least 4 members (excludes halogenated alkanes) is 9. The van der Waals surface area contributed by atoms with Crippen molar-refractivity contribution in [2.24, 2.45) is 0 Å². The summed E-state index contributed by atoms with van der Waals surface area (Å²) in [5.74, 6) is -1.74. The van der Waals surface area contributed by atoms with Crippen LogP contribution in [0.1, 0.15) is 120 Å². The van der Waals surface area contributed by atoms with Gasteiger partial charge in [0.25, 0.3) is 5.91 Å². The van der Waals surface area contributed by atoms with E-state index in [2.05, 4.69) is 27.5 Å². The molecule has 2 aromatic heterocycles. The van der Waals surface area contributed by atoms with Gasteiger partial charge in [-0.1, -0.05) is 88.4 Å². The van der Waals surface area contributed by atoms with E-state index in [9.17, 15) is 22.8 Å². The van der Waals surface area contributed by atoms with E-state index in [1.807, 2.05) is 20.8 Å². The summed E-state index contributed by atoms with van der Waals surface area (Å²) >= 11 is 6.24. The highest BCUT2D eigenvalue weighted by molar-refractivity contribution is 7.91. The molecule has 1 amide bonds. The molecule has 0 fully saturated rings. The maximum absolute atomic E-state index is 13.1. The second-order valence-corrected chi connectivity index (χ2v) is 15.2. The molecule has 12 nitrogen and oxygen atoms in total. The number of aryl methyl sites for hydroxylation is 1. The summed E-state index contributed by atoms with van der Waals surface area (Å²) in [5.41, 5.74) is 0.443. The van der Waals surface area contributed by atoms with Gasteiger partial charge >= 0.3 is 11.9 Å². The fourth-order valence-corrected chi connectivity index (χ4v) is 6.83. The average molecular weight is 708 g/mol. The van der Waals surface area contributed by atoms with E-state index in [1.165, 1.54) is 63.1 Å². The third-order valence-corrected chi connectivity index (χ3v) is 10.3. The number of nitrogens with one attached hydrogen (secondary N) is 2. The summed E-state index contributed by atoms with van der Waals surface area (Å²) in [6.07, 6.45) is 11.2. The van der Waals surface area contributed by atoms with Crippen LogP contribution in [0.3, 0.4) is 0 Å². The molecule has 1 aromatic carbocycles. The molecule has 0 unspecified atom stereocenters. The Morgan fingerprint density at radius 3 is 2.23 bits per heavy atom. The summed E-state index contributed by atoms with van der Waals surface area (Å²) < 4.78 is 38.5. The summed E-state index contributed by atoms with van der Waals surface area (Å²) in [6, 6.07) is 5.78. The number of H-pyrrole nitrogens is 1. The molecule has 0 bridgehead atoms. The van der Waals surface area contributed by atoms with E-state index in [4.69, 9.17) is 21.1 Å². The predicted molar refractivity (Wildman–Crippen MR) is 184 cm³/mol. The zero-order valence-electron chi connectivity index (χ0n) is 28.6. The third-order valence-electron chi connectivity index (χ3n) is 8.08. The minimum atomic E-state index is -3.97. The molecule has 0 saturated carbocycles. The SMILES string of the molecule is CCCCCCCCCCCCOC(=O)CCS(=O)(=O)c1ccccc1C(=O)NCCC(=O)OCC(C)(C)c1nnc2c(Cl)c(C)[nH]n12. The van der Waals surface area contributed by atoms with Crippen LogP contribution >= 0.6 is 11.6 Å². The number of benzene rings is 1. The van der Waals surface area contributed by atoms with Crippen LogP contribution in [0.4, 0.5) is 0 Å². The first-order valence-corrected chi connectivity index (χ1v) is 18.9. The number of carbonyl (C=O) groups is 3. The molecule has 0 spiro atoms. The number of amides is 1. The number of ether oxygens (including phenoxy) is 2. The Hall–Kier alpha value is -3.45. The molecule has 14 heteroatoms. The standard InChI is InChI=1S/C34H50ClN5O7S/c1-5-6-7-8-9-10-11-12-13-16-22-46-29(42)20-23-48(44,45)27-18-15-14-17-26(27)32(43)36-21-19-28(41)47-24-34(3,4)33-38-37-31-30(35)25(2)39-40(31)33/h14-15,17-18,39H,5-13,16,19-24H2,1-4H3,(H,36,43). The number of hydrogen-bond donors (Lipinski definition) is 2. The Kier molecular flexibility index (Phi) is 15.4. The molecule has 2 N–H and O–H groups in total. The van der Waals surface area contributed by atoms with Gasteiger partial charge in [-0.25, -0.2) is 12.9 Å². The van der Waals surface area contributed by atoms with Crippen molar-refractivity contribution in [3.8, 4) is 0 Å². The monoisotopic (exact) mass is 707 g/mol. The van der Waals surface area contributed by atoms with Gasteiger partial charge in [0, 0.05) is 6.54 Å².